The minimum Gasteiger partial charge on any atom is -0.468 e. The molecule has 2 heterocycles. The van der Waals surface area contributed by atoms with Crippen molar-refractivity contribution >= 4 is 11.9 Å². The van der Waals surface area contributed by atoms with Gasteiger partial charge in [-0.1, -0.05) is 6.42 Å². The molecule has 0 radical (unpaired) electrons. The summed E-state index contributed by atoms with van der Waals surface area (Å²) in [7, 11) is 1.69. The maximum atomic E-state index is 11.9. The van der Waals surface area contributed by atoms with Gasteiger partial charge in [-0.15, -0.1) is 0 Å². The summed E-state index contributed by atoms with van der Waals surface area (Å²) in [5.41, 5.74) is -0.492. The molecule has 1 unspecified atom stereocenters. The minimum atomic E-state index is -0.492. The van der Waals surface area contributed by atoms with Crippen LogP contribution in [0.4, 0.5) is 0 Å². The number of esters is 1. The molecule has 1 saturated heterocycles. The number of furan rings is 1. The van der Waals surface area contributed by atoms with Gasteiger partial charge in [-0.25, -0.2) is 0 Å². The van der Waals surface area contributed by atoms with Gasteiger partial charge in [0.25, 0.3) is 0 Å². The molecule has 1 aliphatic heterocycles. The third-order valence-corrected chi connectivity index (χ3v) is 4.21. The number of carbonyl (C=O) groups is 1. The third-order valence-electron chi connectivity index (χ3n) is 4.21. The Morgan fingerprint density at radius 2 is 2.04 bits per heavy atom. The summed E-state index contributed by atoms with van der Waals surface area (Å²) in [6.45, 7) is 8.42. The maximum Gasteiger partial charge on any atom is 0.325 e. The first kappa shape index (κ1) is 20.3. The van der Waals surface area contributed by atoms with Gasteiger partial charge in [0.1, 0.15) is 17.9 Å². The van der Waals surface area contributed by atoms with Gasteiger partial charge in [-0.3, -0.25) is 14.7 Å². The van der Waals surface area contributed by atoms with E-state index < -0.39 is 5.60 Å². The quantitative estimate of drug-likeness (QED) is 0.458. The number of nitrogens with zero attached hydrogens (tertiary/aromatic N) is 2. The van der Waals surface area contributed by atoms with Gasteiger partial charge in [0.15, 0.2) is 5.96 Å². The van der Waals surface area contributed by atoms with Crippen LogP contribution in [-0.4, -0.2) is 55.7 Å². The molecule has 1 aromatic rings. The monoisotopic (exact) mass is 364 g/mol. The van der Waals surface area contributed by atoms with Crippen molar-refractivity contribution < 1.29 is 13.9 Å². The number of ether oxygens (including phenoxy) is 1. The van der Waals surface area contributed by atoms with Gasteiger partial charge < -0.3 is 19.8 Å². The second-order valence-corrected chi connectivity index (χ2v) is 7.52. The highest BCUT2D eigenvalue weighted by Gasteiger charge is 2.24. The number of hydrogen-bond acceptors (Lipinski definition) is 5. The van der Waals surface area contributed by atoms with Crippen LogP contribution in [0.1, 0.15) is 51.8 Å². The number of guanidine groups is 1. The SMILES string of the molecule is CN=C(NCC(=O)OC(C)(C)C)NCC(c1ccco1)N1CCCCC1. The molecule has 0 saturated carbocycles. The van der Waals surface area contributed by atoms with E-state index in [9.17, 15) is 4.79 Å². The smallest absolute Gasteiger partial charge is 0.325 e. The highest BCUT2D eigenvalue weighted by atomic mass is 16.6. The van der Waals surface area contributed by atoms with E-state index in [0.717, 1.165) is 18.8 Å². The van der Waals surface area contributed by atoms with Gasteiger partial charge in [0.05, 0.1) is 12.3 Å². The van der Waals surface area contributed by atoms with E-state index >= 15 is 0 Å². The minimum absolute atomic E-state index is 0.0755. The third kappa shape index (κ3) is 6.71. The molecule has 0 aliphatic carbocycles. The zero-order chi connectivity index (χ0) is 19.0. The van der Waals surface area contributed by atoms with Gasteiger partial charge >= 0.3 is 5.97 Å². The number of piperidine rings is 1. The van der Waals surface area contributed by atoms with E-state index in [1.807, 2.05) is 32.9 Å². The predicted octanol–water partition coefficient (Wildman–Crippen LogP) is 2.31. The topological polar surface area (TPSA) is 79.1 Å². The maximum absolute atomic E-state index is 11.9. The van der Waals surface area contributed by atoms with Crippen LogP contribution < -0.4 is 10.6 Å². The Morgan fingerprint density at radius 1 is 1.31 bits per heavy atom. The number of carbonyl (C=O) groups excluding carboxylic acids is 1. The summed E-state index contributed by atoms with van der Waals surface area (Å²) < 4.78 is 11.0. The lowest BCUT2D eigenvalue weighted by Crippen LogP contribution is -2.46. The Labute approximate surface area is 156 Å². The Kier molecular flexibility index (Phi) is 7.50. The average Bonchev–Trinajstić information content (AvgIpc) is 3.11. The molecule has 146 valence electrons. The van der Waals surface area contributed by atoms with Crippen molar-refractivity contribution in [2.45, 2.75) is 51.7 Å². The Hall–Kier alpha value is -2.02. The number of likely N-dealkylation sites (tertiary alicyclic amines) is 1. The standard InChI is InChI=1S/C19H32N4O3/c1-19(2,3)26-17(24)14-22-18(20-4)21-13-15(16-9-8-12-25-16)23-10-6-5-7-11-23/h8-9,12,15H,5-7,10-11,13-14H2,1-4H3,(H2,20,21,22). The summed E-state index contributed by atoms with van der Waals surface area (Å²) >= 11 is 0. The Bertz CT molecular complexity index is 572. The summed E-state index contributed by atoms with van der Waals surface area (Å²) in [6.07, 6.45) is 5.42. The molecule has 26 heavy (non-hydrogen) atoms. The largest absolute Gasteiger partial charge is 0.468 e. The molecular weight excluding hydrogens is 332 g/mol. The summed E-state index contributed by atoms with van der Waals surface area (Å²) in [5, 5.41) is 6.31. The molecule has 0 bridgehead atoms. The van der Waals surface area contributed by atoms with E-state index in [1.165, 1.54) is 19.3 Å². The highest BCUT2D eigenvalue weighted by Crippen LogP contribution is 2.24. The van der Waals surface area contributed by atoms with Crippen molar-refractivity contribution in [2.75, 3.05) is 33.2 Å². The normalized spacial score (nSPS) is 17.6. The second-order valence-electron chi connectivity index (χ2n) is 7.52. The van der Waals surface area contributed by atoms with E-state index in [0.29, 0.717) is 12.5 Å². The molecule has 1 fully saturated rings. The molecule has 1 aromatic heterocycles. The van der Waals surface area contributed by atoms with Crippen molar-refractivity contribution in [2.24, 2.45) is 4.99 Å². The van der Waals surface area contributed by atoms with Crippen LogP contribution in [0.2, 0.25) is 0 Å². The van der Waals surface area contributed by atoms with Crippen molar-refractivity contribution in [1.82, 2.24) is 15.5 Å². The van der Waals surface area contributed by atoms with Crippen molar-refractivity contribution in [3.8, 4) is 0 Å². The first-order valence-corrected chi connectivity index (χ1v) is 9.33. The van der Waals surface area contributed by atoms with Gasteiger partial charge in [0.2, 0.25) is 0 Å². The van der Waals surface area contributed by atoms with Crippen LogP contribution >= 0.6 is 0 Å². The Morgan fingerprint density at radius 3 is 2.62 bits per heavy atom. The highest BCUT2D eigenvalue weighted by molar-refractivity contribution is 5.84. The molecule has 7 heteroatoms. The van der Waals surface area contributed by atoms with Crippen molar-refractivity contribution in [3.63, 3.8) is 0 Å². The molecule has 1 atom stereocenters. The van der Waals surface area contributed by atoms with Crippen LogP contribution in [0.3, 0.4) is 0 Å². The first-order valence-electron chi connectivity index (χ1n) is 9.33. The zero-order valence-electron chi connectivity index (χ0n) is 16.4. The summed E-state index contributed by atoms with van der Waals surface area (Å²) in [5.74, 6) is 1.21. The second kappa shape index (κ2) is 9.62. The zero-order valence-corrected chi connectivity index (χ0v) is 16.4. The number of rotatable bonds is 6. The predicted molar refractivity (Wildman–Crippen MR) is 102 cm³/mol. The molecule has 2 N–H and O–H groups in total. The number of nitrogens with one attached hydrogen (secondary N) is 2. The van der Waals surface area contributed by atoms with Gasteiger partial charge in [0, 0.05) is 13.6 Å². The van der Waals surface area contributed by atoms with E-state index in [1.54, 1.807) is 13.3 Å². The van der Waals surface area contributed by atoms with E-state index in [4.69, 9.17) is 9.15 Å². The van der Waals surface area contributed by atoms with Crippen LogP contribution in [-0.2, 0) is 9.53 Å². The van der Waals surface area contributed by atoms with Crippen LogP contribution in [0.25, 0.3) is 0 Å². The van der Waals surface area contributed by atoms with Crippen LogP contribution in [0.15, 0.2) is 27.8 Å². The van der Waals surface area contributed by atoms with E-state index in [2.05, 4.69) is 20.5 Å². The first-order chi connectivity index (χ1) is 12.4. The molecule has 0 aromatic carbocycles. The van der Waals surface area contributed by atoms with Crippen molar-refractivity contribution in [1.29, 1.82) is 0 Å². The molecule has 2 rings (SSSR count). The van der Waals surface area contributed by atoms with Crippen molar-refractivity contribution in [3.05, 3.63) is 24.2 Å². The van der Waals surface area contributed by atoms with Crippen LogP contribution in [0.5, 0.6) is 0 Å². The van der Waals surface area contributed by atoms with Gasteiger partial charge in [-0.2, -0.15) is 0 Å². The Balaban J connectivity index is 1.88. The van der Waals surface area contributed by atoms with Gasteiger partial charge in [-0.05, 0) is 58.8 Å². The lowest BCUT2D eigenvalue weighted by Gasteiger charge is -2.33. The lowest BCUT2D eigenvalue weighted by atomic mass is 10.1. The molecule has 1 aliphatic rings. The molecule has 0 spiro atoms. The summed E-state index contributed by atoms with van der Waals surface area (Å²) in [6, 6.07) is 4.07. The fraction of sp³-hybridized carbons (Fsp3) is 0.684. The fourth-order valence-corrected chi connectivity index (χ4v) is 3.07. The lowest BCUT2D eigenvalue weighted by molar-refractivity contribution is -0.153. The molecule has 0 amide bonds. The average molecular weight is 364 g/mol. The molecular formula is C19H32N4O3. The fourth-order valence-electron chi connectivity index (χ4n) is 3.07. The summed E-state index contributed by atoms with van der Waals surface area (Å²) in [4.78, 5) is 18.5. The number of aliphatic imine (C=N–C) groups is 1. The van der Waals surface area contributed by atoms with E-state index in [-0.39, 0.29) is 18.6 Å². The molecule has 7 nitrogen and oxygen atoms in total. The van der Waals surface area contributed by atoms with Crippen LogP contribution in [0, 0.1) is 0 Å². The number of hydrogen-bond donors (Lipinski definition) is 2.